The van der Waals surface area contributed by atoms with Gasteiger partial charge in [-0.1, -0.05) is 50.2 Å². The molecule has 0 fully saturated rings. The zero-order valence-corrected chi connectivity index (χ0v) is 14.1. The van der Waals surface area contributed by atoms with Crippen LogP contribution in [0.1, 0.15) is 46.8 Å². The standard InChI is InChI=1S/C20H21NO3/c1-12(2)15-10-6-7-13(3)18(15)21-19(22)17-11-14-8-4-5-9-16(14)20(23)24-17/h4-10,12,17H,11H2,1-3H3,(H,21,22). The number of ether oxygens (including phenoxy) is 1. The molecule has 1 N–H and O–H groups in total. The molecule has 0 radical (unpaired) electrons. The van der Waals surface area contributed by atoms with Crippen molar-refractivity contribution in [2.75, 3.05) is 5.32 Å². The number of aryl methyl sites for hydroxylation is 1. The molecule has 0 saturated carbocycles. The largest absolute Gasteiger partial charge is 0.448 e. The lowest BCUT2D eigenvalue weighted by Crippen LogP contribution is -2.38. The number of nitrogens with one attached hydrogen (secondary N) is 1. The number of hydrogen-bond donors (Lipinski definition) is 1. The number of esters is 1. The topological polar surface area (TPSA) is 55.4 Å². The predicted molar refractivity (Wildman–Crippen MR) is 93.2 cm³/mol. The van der Waals surface area contributed by atoms with Crippen molar-refractivity contribution >= 4 is 17.6 Å². The molecule has 0 spiro atoms. The van der Waals surface area contributed by atoms with E-state index in [4.69, 9.17) is 4.74 Å². The Balaban J connectivity index is 1.84. The van der Waals surface area contributed by atoms with Crippen LogP contribution in [0.3, 0.4) is 0 Å². The minimum atomic E-state index is -0.799. The summed E-state index contributed by atoms with van der Waals surface area (Å²) < 4.78 is 5.34. The van der Waals surface area contributed by atoms with Crippen molar-refractivity contribution < 1.29 is 14.3 Å². The summed E-state index contributed by atoms with van der Waals surface area (Å²) in [5.41, 5.74) is 4.28. The monoisotopic (exact) mass is 323 g/mol. The number of para-hydroxylation sites is 1. The summed E-state index contributed by atoms with van der Waals surface area (Å²) in [6.07, 6.45) is -0.400. The van der Waals surface area contributed by atoms with Crippen molar-refractivity contribution in [1.29, 1.82) is 0 Å². The molecule has 0 aromatic heterocycles. The number of rotatable bonds is 3. The van der Waals surface area contributed by atoms with Crippen molar-refractivity contribution in [3.05, 3.63) is 64.7 Å². The molecule has 1 amide bonds. The summed E-state index contributed by atoms with van der Waals surface area (Å²) in [7, 11) is 0. The lowest BCUT2D eigenvalue weighted by atomic mass is 9.96. The zero-order valence-electron chi connectivity index (χ0n) is 14.1. The maximum absolute atomic E-state index is 12.7. The van der Waals surface area contributed by atoms with Gasteiger partial charge in [-0.15, -0.1) is 0 Å². The van der Waals surface area contributed by atoms with E-state index in [1.54, 1.807) is 12.1 Å². The van der Waals surface area contributed by atoms with Crippen LogP contribution in [0.4, 0.5) is 5.69 Å². The maximum atomic E-state index is 12.7. The quantitative estimate of drug-likeness (QED) is 0.873. The number of hydrogen-bond acceptors (Lipinski definition) is 3. The molecule has 3 rings (SSSR count). The lowest BCUT2D eigenvalue weighted by Gasteiger charge is -2.25. The van der Waals surface area contributed by atoms with Crippen LogP contribution in [0.2, 0.25) is 0 Å². The van der Waals surface area contributed by atoms with Gasteiger partial charge < -0.3 is 10.1 Å². The molecule has 2 aromatic carbocycles. The van der Waals surface area contributed by atoms with E-state index in [0.717, 1.165) is 22.4 Å². The molecule has 0 aliphatic carbocycles. The first-order valence-corrected chi connectivity index (χ1v) is 8.16. The first-order chi connectivity index (χ1) is 11.5. The van der Waals surface area contributed by atoms with Gasteiger partial charge in [0, 0.05) is 12.1 Å². The van der Waals surface area contributed by atoms with E-state index in [2.05, 4.69) is 19.2 Å². The van der Waals surface area contributed by atoms with Crippen LogP contribution >= 0.6 is 0 Å². The van der Waals surface area contributed by atoms with Crippen molar-refractivity contribution in [2.45, 2.75) is 39.2 Å². The Morgan fingerprint density at radius 1 is 1.17 bits per heavy atom. The summed E-state index contributed by atoms with van der Waals surface area (Å²) in [6.45, 7) is 6.13. The van der Waals surface area contributed by atoms with Crippen LogP contribution in [0.5, 0.6) is 0 Å². The Morgan fingerprint density at radius 3 is 2.67 bits per heavy atom. The van der Waals surface area contributed by atoms with Crippen LogP contribution in [0.15, 0.2) is 42.5 Å². The molecule has 0 bridgehead atoms. The average molecular weight is 323 g/mol. The van der Waals surface area contributed by atoms with E-state index in [-0.39, 0.29) is 11.8 Å². The van der Waals surface area contributed by atoms with Crippen LogP contribution in [0.25, 0.3) is 0 Å². The van der Waals surface area contributed by atoms with Crippen LogP contribution in [0, 0.1) is 6.92 Å². The van der Waals surface area contributed by atoms with Gasteiger partial charge in [0.05, 0.1) is 5.56 Å². The van der Waals surface area contributed by atoms with E-state index in [1.165, 1.54) is 0 Å². The summed E-state index contributed by atoms with van der Waals surface area (Å²) in [6, 6.07) is 13.2. The van der Waals surface area contributed by atoms with Gasteiger partial charge in [-0.25, -0.2) is 4.79 Å². The minimum Gasteiger partial charge on any atom is -0.448 e. The average Bonchev–Trinajstić information content (AvgIpc) is 2.56. The maximum Gasteiger partial charge on any atom is 0.339 e. The summed E-state index contributed by atoms with van der Waals surface area (Å²) in [4.78, 5) is 24.8. The molecule has 1 heterocycles. The number of benzene rings is 2. The van der Waals surface area contributed by atoms with Crippen molar-refractivity contribution in [3.63, 3.8) is 0 Å². The number of fused-ring (bicyclic) bond motifs is 1. The van der Waals surface area contributed by atoms with E-state index in [9.17, 15) is 9.59 Å². The van der Waals surface area contributed by atoms with Crippen LogP contribution in [-0.2, 0) is 16.0 Å². The molecule has 124 valence electrons. The zero-order chi connectivity index (χ0) is 17.3. The van der Waals surface area contributed by atoms with Crippen molar-refractivity contribution in [3.8, 4) is 0 Å². The van der Waals surface area contributed by atoms with E-state index in [1.807, 2.05) is 37.3 Å². The van der Waals surface area contributed by atoms with Gasteiger partial charge in [-0.3, -0.25) is 4.79 Å². The van der Waals surface area contributed by atoms with E-state index >= 15 is 0 Å². The molecule has 24 heavy (non-hydrogen) atoms. The normalized spacial score (nSPS) is 16.5. The number of amides is 1. The summed E-state index contributed by atoms with van der Waals surface area (Å²) in [5.74, 6) is -0.435. The van der Waals surface area contributed by atoms with Crippen LogP contribution in [-0.4, -0.2) is 18.0 Å². The second kappa shape index (κ2) is 6.48. The molecular weight excluding hydrogens is 302 g/mol. The highest BCUT2D eigenvalue weighted by Gasteiger charge is 2.31. The molecular formula is C20H21NO3. The number of anilines is 1. The fourth-order valence-corrected chi connectivity index (χ4v) is 3.02. The highest BCUT2D eigenvalue weighted by Crippen LogP contribution is 2.28. The van der Waals surface area contributed by atoms with Gasteiger partial charge in [0.2, 0.25) is 0 Å². The highest BCUT2D eigenvalue weighted by atomic mass is 16.5. The summed E-state index contributed by atoms with van der Waals surface area (Å²) >= 11 is 0. The Bertz CT molecular complexity index is 795. The third-order valence-electron chi connectivity index (χ3n) is 4.36. The molecule has 2 aromatic rings. The van der Waals surface area contributed by atoms with Gasteiger partial charge in [-0.05, 0) is 35.6 Å². The van der Waals surface area contributed by atoms with Crippen molar-refractivity contribution in [2.24, 2.45) is 0 Å². The SMILES string of the molecule is Cc1cccc(C(C)C)c1NC(=O)C1Cc2ccccc2C(=O)O1. The predicted octanol–water partition coefficient (Wildman–Crippen LogP) is 3.84. The Labute approximate surface area is 141 Å². The van der Waals surface area contributed by atoms with Gasteiger partial charge in [-0.2, -0.15) is 0 Å². The smallest absolute Gasteiger partial charge is 0.339 e. The number of carbonyl (C=O) groups excluding carboxylic acids is 2. The number of cyclic esters (lactones) is 1. The Morgan fingerprint density at radius 2 is 1.92 bits per heavy atom. The van der Waals surface area contributed by atoms with Gasteiger partial charge in [0.25, 0.3) is 5.91 Å². The molecule has 1 aliphatic rings. The second-order valence-corrected chi connectivity index (χ2v) is 6.44. The fourth-order valence-electron chi connectivity index (χ4n) is 3.02. The second-order valence-electron chi connectivity index (χ2n) is 6.44. The molecule has 4 nitrogen and oxygen atoms in total. The molecule has 0 saturated heterocycles. The molecule has 1 atom stereocenters. The van der Waals surface area contributed by atoms with Gasteiger partial charge in [0.15, 0.2) is 6.10 Å². The molecule has 4 heteroatoms. The van der Waals surface area contributed by atoms with Crippen LogP contribution < -0.4 is 5.32 Å². The first kappa shape index (κ1) is 16.2. The van der Waals surface area contributed by atoms with Crippen molar-refractivity contribution in [1.82, 2.24) is 0 Å². The van der Waals surface area contributed by atoms with Gasteiger partial charge >= 0.3 is 5.97 Å². The van der Waals surface area contributed by atoms with Gasteiger partial charge in [0.1, 0.15) is 0 Å². The first-order valence-electron chi connectivity index (χ1n) is 8.16. The fraction of sp³-hybridized carbons (Fsp3) is 0.300. The lowest BCUT2D eigenvalue weighted by molar-refractivity contribution is -0.125. The third kappa shape index (κ3) is 3.04. The Hall–Kier alpha value is -2.62. The summed E-state index contributed by atoms with van der Waals surface area (Å²) in [5, 5.41) is 2.97. The third-order valence-corrected chi connectivity index (χ3v) is 4.36. The molecule has 1 aliphatic heterocycles. The highest BCUT2D eigenvalue weighted by molar-refractivity contribution is 6.00. The van der Waals surface area contributed by atoms with E-state index < -0.39 is 12.1 Å². The Kier molecular flexibility index (Phi) is 4.38. The molecule has 1 unspecified atom stereocenters. The minimum absolute atomic E-state index is 0.283. The number of carbonyl (C=O) groups is 2. The van der Waals surface area contributed by atoms with E-state index in [0.29, 0.717) is 12.0 Å².